The van der Waals surface area contributed by atoms with E-state index in [1.54, 1.807) is 25.2 Å². The summed E-state index contributed by atoms with van der Waals surface area (Å²) in [6, 6.07) is -0.356. The van der Waals surface area contributed by atoms with Gasteiger partial charge >= 0.3 is 0 Å². The maximum atomic E-state index is 11.5. The van der Waals surface area contributed by atoms with E-state index in [9.17, 15) is 19.2 Å². The van der Waals surface area contributed by atoms with Crippen molar-refractivity contribution in [1.29, 1.82) is 0 Å². The minimum atomic E-state index is -0.774. The Morgan fingerprint density at radius 2 is 1.59 bits per heavy atom. The maximum absolute atomic E-state index is 11.5. The van der Waals surface area contributed by atoms with Gasteiger partial charge in [0.15, 0.2) is 5.76 Å². The smallest absolute Gasteiger partial charge is 0.286 e. The monoisotopic (exact) mass is 579 g/mol. The molecule has 2 atom stereocenters. The van der Waals surface area contributed by atoms with Crippen LogP contribution in [0.4, 0.5) is 0 Å². The van der Waals surface area contributed by atoms with Gasteiger partial charge in [-0.15, -0.1) is 0 Å². The fourth-order valence-corrected chi connectivity index (χ4v) is 2.56. The van der Waals surface area contributed by atoms with E-state index >= 15 is 0 Å². The van der Waals surface area contributed by atoms with E-state index in [0.29, 0.717) is 31.8 Å². The number of ketones is 1. The Kier molecular flexibility index (Phi) is 36.4. The van der Waals surface area contributed by atoms with E-state index < -0.39 is 17.9 Å². The molecule has 0 heterocycles. The number of allylic oxidation sites excluding steroid dienone is 4. The van der Waals surface area contributed by atoms with Gasteiger partial charge in [0.25, 0.3) is 5.91 Å². The molecule has 0 aromatic rings. The largest absolute Gasteiger partial charge is 0.460 e. The molecular weight excluding hydrogens is 518 g/mol. The number of unbranched alkanes of at least 4 members (excludes halogenated alkanes) is 4. The first kappa shape index (κ1) is 45.0. The highest BCUT2D eigenvalue weighted by Crippen LogP contribution is 2.05. The van der Waals surface area contributed by atoms with Crippen molar-refractivity contribution < 1.29 is 23.9 Å². The third-order valence-corrected chi connectivity index (χ3v) is 4.83. The number of carbonyl (C=O) groups excluding carboxylic acids is 4. The SMILES string of the molecule is C=C/C=C\C(C)=C\OC(=C)C(=O)NC(C)C(N)=O.CC.CC(C)C.CCCCCCC(C)NCC(=O)CCCC=O. The molecule has 0 spiro atoms. The fraction of sp³-hybridized carbons (Fsp3) is 0.636. The van der Waals surface area contributed by atoms with Crippen LogP contribution in [0.3, 0.4) is 0 Å². The molecule has 2 amide bonds. The van der Waals surface area contributed by atoms with E-state index in [2.05, 4.69) is 58.4 Å². The van der Waals surface area contributed by atoms with Gasteiger partial charge in [-0.2, -0.15) is 0 Å². The van der Waals surface area contributed by atoms with Crippen LogP contribution in [0.15, 0.2) is 49.0 Å². The second kappa shape index (κ2) is 33.2. The number of hydrogen-bond donors (Lipinski definition) is 3. The second-order valence-electron chi connectivity index (χ2n) is 10.1. The minimum absolute atomic E-state index is 0.116. The van der Waals surface area contributed by atoms with Crippen molar-refractivity contribution in [3.8, 4) is 0 Å². The number of hydrogen-bond acceptors (Lipinski definition) is 6. The molecule has 0 aromatic heterocycles. The molecule has 0 bridgehead atoms. The van der Waals surface area contributed by atoms with Crippen LogP contribution in [-0.2, 0) is 23.9 Å². The third-order valence-electron chi connectivity index (χ3n) is 4.83. The summed E-state index contributed by atoms with van der Waals surface area (Å²) < 4.78 is 5.04. The van der Waals surface area contributed by atoms with Crippen LogP contribution in [-0.4, -0.2) is 42.5 Å². The van der Waals surface area contributed by atoms with Gasteiger partial charge < -0.3 is 25.9 Å². The molecule has 0 aliphatic carbocycles. The summed E-state index contributed by atoms with van der Waals surface area (Å²) in [4.78, 5) is 43.7. The molecule has 0 rings (SSSR count). The standard InChI is InChI=1S/C14H27NO2.C13H18N2O3.C4H10.C2H6/c1-3-4-5-6-9-13(2)15-12-14(17)10-7-8-11-16;1-5-6-7-9(2)8-18-11(4)13(17)15-10(3)12(14)16;1-4(2)3;1-2/h11,13,15H,3-10,12H2,1-2H3;5-8,10H,1,4H2,2-3H3,(H2,14,16)(H,15,17);4H,1-3H3;1-2H3/b;7-6-,9-8+;;. The van der Waals surface area contributed by atoms with Gasteiger partial charge in [-0.05, 0) is 45.1 Å². The van der Waals surface area contributed by atoms with Crippen LogP contribution in [0.2, 0.25) is 0 Å². The summed E-state index contributed by atoms with van der Waals surface area (Å²) in [6.45, 7) is 25.5. The number of nitrogens with two attached hydrogens (primary N) is 1. The first-order valence-corrected chi connectivity index (χ1v) is 14.9. The lowest BCUT2D eigenvalue weighted by molar-refractivity contribution is -0.126. The van der Waals surface area contributed by atoms with Gasteiger partial charge in [-0.25, -0.2) is 0 Å². The Hall–Kier alpha value is -3.00. The van der Waals surface area contributed by atoms with Crippen molar-refractivity contribution in [1.82, 2.24) is 10.6 Å². The number of amides is 2. The normalized spacial score (nSPS) is 11.8. The number of ether oxygens (including phenoxy) is 1. The fourth-order valence-electron chi connectivity index (χ4n) is 2.56. The summed E-state index contributed by atoms with van der Waals surface area (Å²) in [6.07, 6.45) is 15.3. The van der Waals surface area contributed by atoms with Crippen LogP contribution in [0.25, 0.3) is 0 Å². The van der Waals surface area contributed by atoms with Crippen LogP contribution in [0.1, 0.15) is 114 Å². The zero-order valence-electron chi connectivity index (χ0n) is 27.5. The molecule has 41 heavy (non-hydrogen) atoms. The molecule has 2 unspecified atom stereocenters. The van der Waals surface area contributed by atoms with Gasteiger partial charge in [0.2, 0.25) is 5.91 Å². The van der Waals surface area contributed by atoms with Gasteiger partial charge in [0.05, 0.1) is 12.8 Å². The number of primary amides is 1. The minimum Gasteiger partial charge on any atom is -0.460 e. The second-order valence-corrected chi connectivity index (χ2v) is 10.1. The van der Waals surface area contributed by atoms with Gasteiger partial charge in [-0.3, -0.25) is 14.4 Å². The molecule has 0 aliphatic heterocycles. The Labute approximate surface area is 251 Å². The lowest BCUT2D eigenvalue weighted by atomic mass is 10.1. The summed E-state index contributed by atoms with van der Waals surface area (Å²) in [5, 5.41) is 5.59. The Balaban J connectivity index is -0.000000280. The molecule has 238 valence electrons. The first-order chi connectivity index (χ1) is 19.3. The molecule has 0 aliphatic rings. The molecule has 0 radical (unpaired) electrons. The predicted molar refractivity (Wildman–Crippen MR) is 173 cm³/mol. The molecule has 8 nitrogen and oxygen atoms in total. The molecule has 0 saturated carbocycles. The molecule has 0 fully saturated rings. The van der Waals surface area contributed by atoms with E-state index in [1.807, 2.05) is 13.8 Å². The van der Waals surface area contributed by atoms with Crippen molar-refractivity contribution >= 4 is 23.9 Å². The highest BCUT2D eigenvalue weighted by molar-refractivity contribution is 5.94. The van der Waals surface area contributed by atoms with Gasteiger partial charge in [0, 0.05) is 18.9 Å². The Morgan fingerprint density at radius 1 is 1.00 bits per heavy atom. The average molecular weight is 580 g/mol. The number of nitrogens with one attached hydrogen (secondary N) is 2. The van der Waals surface area contributed by atoms with Crippen LogP contribution < -0.4 is 16.4 Å². The average Bonchev–Trinajstić information content (AvgIpc) is 2.92. The summed E-state index contributed by atoms with van der Waals surface area (Å²) in [5.41, 5.74) is 5.79. The molecule has 0 aromatic carbocycles. The lowest BCUT2D eigenvalue weighted by Crippen LogP contribution is -2.42. The third kappa shape index (κ3) is 39.2. The molecule has 0 saturated heterocycles. The van der Waals surface area contributed by atoms with Crippen molar-refractivity contribution in [2.75, 3.05) is 6.54 Å². The maximum Gasteiger partial charge on any atom is 0.286 e. The van der Waals surface area contributed by atoms with Crippen molar-refractivity contribution in [3.05, 3.63) is 49.0 Å². The van der Waals surface area contributed by atoms with Gasteiger partial charge in [0.1, 0.15) is 18.1 Å². The summed E-state index contributed by atoms with van der Waals surface area (Å²) in [7, 11) is 0. The Bertz CT molecular complexity index is 770. The lowest BCUT2D eigenvalue weighted by Gasteiger charge is -2.12. The van der Waals surface area contributed by atoms with Crippen molar-refractivity contribution in [3.63, 3.8) is 0 Å². The van der Waals surface area contributed by atoms with E-state index in [1.165, 1.54) is 38.9 Å². The van der Waals surface area contributed by atoms with E-state index in [-0.39, 0.29) is 11.5 Å². The van der Waals surface area contributed by atoms with Gasteiger partial charge in [-0.1, -0.05) is 98.6 Å². The highest BCUT2D eigenvalue weighted by Gasteiger charge is 2.15. The predicted octanol–water partition coefficient (Wildman–Crippen LogP) is 6.71. The molecular formula is C33H61N3O5. The number of rotatable bonds is 19. The zero-order valence-corrected chi connectivity index (χ0v) is 27.5. The Morgan fingerprint density at radius 3 is 2.07 bits per heavy atom. The van der Waals surface area contributed by atoms with Crippen LogP contribution in [0.5, 0.6) is 0 Å². The van der Waals surface area contributed by atoms with E-state index in [4.69, 9.17) is 10.5 Å². The quantitative estimate of drug-likeness (QED) is 0.0513. The van der Waals surface area contributed by atoms with Crippen molar-refractivity contribution in [2.45, 2.75) is 126 Å². The number of carbonyl (C=O) groups is 4. The van der Waals surface area contributed by atoms with Crippen LogP contribution in [0, 0.1) is 5.92 Å². The van der Waals surface area contributed by atoms with E-state index in [0.717, 1.165) is 24.2 Å². The topological polar surface area (TPSA) is 128 Å². The number of Topliss-reactive ketones (excluding diaryl/α,β-unsaturated/α-hetero) is 1. The molecule has 8 heteroatoms. The van der Waals surface area contributed by atoms with Crippen molar-refractivity contribution in [2.24, 2.45) is 11.7 Å². The highest BCUT2D eigenvalue weighted by atomic mass is 16.5. The summed E-state index contributed by atoms with van der Waals surface area (Å²) >= 11 is 0. The molecule has 4 N–H and O–H groups in total. The number of aldehydes is 1. The summed E-state index contributed by atoms with van der Waals surface area (Å²) in [5.74, 6) is -0.281. The first-order valence-electron chi connectivity index (χ1n) is 14.9. The van der Waals surface area contributed by atoms with Crippen LogP contribution >= 0.6 is 0 Å². The zero-order chi connectivity index (χ0) is 32.6.